The Kier molecular flexibility index (Phi) is 6.48. The molecule has 0 heterocycles. The highest BCUT2D eigenvalue weighted by Gasteiger charge is 2.20. The maximum Gasteiger partial charge on any atom is 0.323 e. The van der Waals surface area contributed by atoms with Crippen LogP contribution in [0.25, 0.3) is 0 Å². The van der Waals surface area contributed by atoms with Crippen molar-refractivity contribution in [2.75, 3.05) is 11.3 Å². The van der Waals surface area contributed by atoms with Gasteiger partial charge >= 0.3 is 5.97 Å². The van der Waals surface area contributed by atoms with Gasteiger partial charge in [0.2, 0.25) is 0 Å². The molecule has 0 aromatic heterocycles. The van der Waals surface area contributed by atoms with Crippen LogP contribution in [0, 0.1) is 0 Å². The van der Waals surface area contributed by atoms with Gasteiger partial charge in [0.1, 0.15) is 6.54 Å². The molecule has 0 bridgehead atoms. The average Bonchev–Trinajstić information content (AvgIpc) is 2.74. The summed E-state index contributed by atoms with van der Waals surface area (Å²) in [5.74, 6) is -1.65. The summed E-state index contributed by atoms with van der Waals surface area (Å²) < 4.78 is 27.5. The second-order valence-corrected chi connectivity index (χ2v) is 8.22. The van der Waals surface area contributed by atoms with E-state index in [-0.39, 0.29) is 22.7 Å². The lowest BCUT2D eigenvalue weighted by Crippen LogP contribution is -2.35. The first kappa shape index (κ1) is 21.1. The molecule has 0 aliphatic heterocycles. The molecule has 0 saturated carbocycles. The van der Waals surface area contributed by atoms with Crippen molar-refractivity contribution in [1.82, 2.24) is 4.90 Å². The Morgan fingerprint density at radius 2 is 1.50 bits per heavy atom. The summed E-state index contributed by atoms with van der Waals surface area (Å²) in [6.07, 6.45) is 0. The number of hydrogen-bond donors (Lipinski definition) is 2. The lowest BCUT2D eigenvalue weighted by molar-refractivity contribution is -0.137. The van der Waals surface area contributed by atoms with E-state index in [1.165, 1.54) is 41.3 Å². The molecule has 0 atom stereocenters. The van der Waals surface area contributed by atoms with E-state index in [9.17, 15) is 23.1 Å². The Labute approximate surface area is 174 Å². The third kappa shape index (κ3) is 5.45. The first-order valence-electron chi connectivity index (χ1n) is 9.08. The van der Waals surface area contributed by atoms with Gasteiger partial charge in [0.25, 0.3) is 15.9 Å². The normalized spacial score (nSPS) is 10.9. The smallest absolute Gasteiger partial charge is 0.323 e. The molecular weight excluding hydrogens is 404 g/mol. The van der Waals surface area contributed by atoms with Gasteiger partial charge in [-0.25, -0.2) is 8.42 Å². The highest BCUT2D eigenvalue weighted by atomic mass is 32.2. The molecule has 0 saturated heterocycles. The van der Waals surface area contributed by atoms with Gasteiger partial charge in [-0.3, -0.25) is 14.3 Å². The maximum atomic E-state index is 13.0. The van der Waals surface area contributed by atoms with Crippen LogP contribution in [-0.4, -0.2) is 36.8 Å². The van der Waals surface area contributed by atoms with Crippen LogP contribution >= 0.6 is 0 Å². The molecule has 8 heteroatoms. The topological polar surface area (TPSA) is 104 Å². The fourth-order valence-electron chi connectivity index (χ4n) is 2.88. The average molecular weight is 424 g/mol. The fraction of sp³-hybridized carbons (Fsp3) is 0.0909. The van der Waals surface area contributed by atoms with Gasteiger partial charge in [0.15, 0.2) is 0 Å². The fourth-order valence-corrected chi connectivity index (χ4v) is 3.95. The van der Waals surface area contributed by atoms with Crippen molar-refractivity contribution in [1.29, 1.82) is 0 Å². The Morgan fingerprint density at radius 1 is 0.867 bits per heavy atom. The third-order valence-electron chi connectivity index (χ3n) is 4.24. The number of rotatable bonds is 8. The second kappa shape index (κ2) is 9.23. The molecule has 0 aliphatic carbocycles. The summed E-state index contributed by atoms with van der Waals surface area (Å²) in [5.41, 5.74) is 1.17. The number of hydrogen-bond acceptors (Lipinski definition) is 4. The lowest BCUT2D eigenvalue weighted by atomic mass is 10.1. The Hall–Kier alpha value is -3.65. The number of carboxylic acids is 1. The van der Waals surface area contributed by atoms with Gasteiger partial charge in [-0.2, -0.15) is 0 Å². The van der Waals surface area contributed by atoms with Crippen molar-refractivity contribution in [2.45, 2.75) is 11.4 Å². The Morgan fingerprint density at radius 3 is 2.13 bits per heavy atom. The minimum Gasteiger partial charge on any atom is -0.480 e. The Balaban J connectivity index is 1.83. The van der Waals surface area contributed by atoms with E-state index in [0.29, 0.717) is 0 Å². The maximum absolute atomic E-state index is 13.0. The van der Waals surface area contributed by atoms with Gasteiger partial charge in [0.05, 0.1) is 4.90 Å². The monoisotopic (exact) mass is 424 g/mol. The molecule has 0 spiro atoms. The zero-order valence-corrected chi connectivity index (χ0v) is 16.7. The second-order valence-electron chi connectivity index (χ2n) is 6.54. The van der Waals surface area contributed by atoms with Crippen LogP contribution in [0.5, 0.6) is 0 Å². The third-order valence-corrected chi connectivity index (χ3v) is 5.64. The van der Waals surface area contributed by atoms with Gasteiger partial charge in [0, 0.05) is 17.8 Å². The van der Waals surface area contributed by atoms with Crippen molar-refractivity contribution in [3.8, 4) is 0 Å². The van der Waals surface area contributed by atoms with Crippen LogP contribution in [0.1, 0.15) is 15.9 Å². The first-order valence-corrected chi connectivity index (χ1v) is 10.6. The van der Waals surface area contributed by atoms with Crippen LogP contribution in [0.4, 0.5) is 5.69 Å². The summed E-state index contributed by atoms with van der Waals surface area (Å²) in [5, 5.41) is 9.21. The molecule has 7 nitrogen and oxygen atoms in total. The molecule has 154 valence electrons. The van der Waals surface area contributed by atoms with Gasteiger partial charge < -0.3 is 10.0 Å². The van der Waals surface area contributed by atoms with Crippen molar-refractivity contribution >= 4 is 27.6 Å². The largest absolute Gasteiger partial charge is 0.480 e. The highest BCUT2D eigenvalue weighted by Crippen LogP contribution is 2.19. The molecule has 3 rings (SSSR count). The van der Waals surface area contributed by atoms with Crippen LogP contribution in [-0.2, 0) is 21.4 Å². The van der Waals surface area contributed by atoms with E-state index in [1.807, 2.05) is 6.07 Å². The van der Waals surface area contributed by atoms with Gasteiger partial charge in [-0.05, 0) is 35.9 Å². The number of nitrogens with one attached hydrogen (secondary N) is 1. The van der Waals surface area contributed by atoms with E-state index in [4.69, 9.17) is 0 Å². The predicted octanol–water partition coefficient (Wildman–Crippen LogP) is 3.21. The summed E-state index contributed by atoms with van der Waals surface area (Å²) in [6.45, 7) is -0.361. The summed E-state index contributed by atoms with van der Waals surface area (Å²) >= 11 is 0. The summed E-state index contributed by atoms with van der Waals surface area (Å²) in [6, 6.07) is 22.9. The quantitative estimate of drug-likeness (QED) is 0.578. The van der Waals surface area contributed by atoms with E-state index in [2.05, 4.69) is 4.72 Å². The van der Waals surface area contributed by atoms with Crippen LogP contribution in [0.15, 0.2) is 89.8 Å². The molecule has 30 heavy (non-hydrogen) atoms. The summed E-state index contributed by atoms with van der Waals surface area (Å²) in [4.78, 5) is 25.5. The zero-order chi connectivity index (χ0) is 21.6. The van der Waals surface area contributed by atoms with Crippen molar-refractivity contribution in [3.63, 3.8) is 0 Å². The van der Waals surface area contributed by atoms with Gasteiger partial charge in [-0.1, -0.05) is 54.6 Å². The zero-order valence-electron chi connectivity index (χ0n) is 15.9. The molecule has 0 aliphatic rings. The van der Waals surface area contributed by atoms with Crippen LogP contribution < -0.4 is 4.72 Å². The predicted molar refractivity (Wildman–Crippen MR) is 113 cm³/mol. The Bertz CT molecular complexity index is 1130. The number of carbonyl (C=O) groups excluding carboxylic acids is 1. The number of carbonyl (C=O) groups is 2. The minimum absolute atomic E-state index is 0.0957. The number of nitrogens with zero attached hydrogens (tertiary/aromatic N) is 1. The molecule has 2 N–H and O–H groups in total. The minimum atomic E-state index is -3.81. The van der Waals surface area contributed by atoms with Gasteiger partial charge in [-0.15, -0.1) is 0 Å². The van der Waals surface area contributed by atoms with E-state index < -0.39 is 28.4 Å². The summed E-state index contributed by atoms with van der Waals surface area (Å²) in [7, 11) is -3.81. The van der Waals surface area contributed by atoms with E-state index >= 15 is 0 Å². The van der Waals surface area contributed by atoms with Crippen molar-refractivity contribution < 1.29 is 23.1 Å². The molecule has 0 radical (unpaired) electrons. The molecule has 3 aromatic carbocycles. The SMILES string of the molecule is O=C(O)CN(Cc1ccccc1)C(=O)c1cccc(NS(=O)(=O)c2ccccc2)c1. The first-order chi connectivity index (χ1) is 14.3. The van der Waals surface area contributed by atoms with Crippen molar-refractivity contribution in [2.24, 2.45) is 0 Å². The standard InChI is InChI=1S/C22H20N2O5S/c25-21(26)16-24(15-17-8-3-1-4-9-17)22(27)18-10-7-11-19(14-18)23-30(28,29)20-12-5-2-6-13-20/h1-14,23H,15-16H2,(H,25,26). The number of benzene rings is 3. The molecule has 1 amide bonds. The lowest BCUT2D eigenvalue weighted by Gasteiger charge is -2.21. The number of amides is 1. The van der Waals surface area contributed by atoms with E-state index in [0.717, 1.165) is 5.56 Å². The molecule has 3 aromatic rings. The van der Waals surface area contributed by atoms with E-state index in [1.54, 1.807) is 42.5 Å². The molecule has 0 unspecified atom stereocenters. The number of carboxylic acid groups (broad SMARTS) is 1. The number of aliphatic carboxylic acids is 1. The number of sulfonamides is 1. The molecule has 0 fully saturated rings. The van der Waals surface area contributed by atoms with Crippen LogP contribution in [0.3, 0.4) is 0 Å². The molecular formula is C22H20N2O5S. The number of anilines is 1. The highest BCUT2D eigenvalue weighted by molar-refractivity contribution is 7.92. The van der Waals surface area contributed by atoms with Crippen molar-refractivity contribution in [3.05, 3.63) is 96.1 Å². The van der Waals surface area contributed by atoms with Crippen LogP contribution in [0.2, 0.25) is 0 Å².